The molecule has 0 heterocycles. The largest absolute Gasteiger partial charge is 0.323 e. The molecule has 94 valence electrons. The van der Waals surface area contributed by atoms with E-state index in [9.17, 15) is 4.79 Å². The van der Waals surface area contributed by atoms with Crippen LogP contribution in [0.15, 0.2) is 18.2 Å². The molecule has 0 aliphatic rings. The highest BCUT2D eigenvalue weighted by atomic mass is 35.5. The maximum Gasteiger partial charge on any atom is 0.241 e. The van der Waals surface area contributed by atoms with Crippen molar-refractivity contribution in [3.63, 3.8) is 0 Å². The van der Waals surface area contributed by atoms with Crippen LogP contribution in [-0.2, 0) is 4.79 Å². The predicted molar refractivity (Wildman–Crippen MR) is 72.2 cm³/mol. The number of hydrogen-bond donors (Lipinski definition) is 2. The van der Waals surface area contributed by atoms with Crippen LogP contribution in [0.25, 0.3) is 0 Å². The van der Waals surface area contributed by atoms with Crippen molar-refractivity contribution < 1.29 is 4.79 Å². The molecule has 4 heteroatoms. The molecule has 0 aliphatic heterocycles. The third kappa shape index (κ3) is 4.36. The minimum absolute atomic E-state index is 0.189. The third-order valence-corrected chi connectivity index (χ3v) is 2.77. The molecule has 0 aliphatic carbocycles. The number of rotatable bonds is 4. The lowest BCUT2D eigenvalue weighted by Gasteiger charge is -2.15. The molecule has 1 amide bonds. The number of hydrogen-bond acceptors (Lipinski definition) is 2. The molecular formula is C13H19ClN2O. The van der Waals surface area contributed by atoms with Gasteiger partial charge in [0.1, 0.15) is 0 Å². The Morgan fingerprint density at radius 2 is 2.12 bits per heavy atom. The Bertz CT molecular complexity index is 404. The van der Waals surface area contributed by atoms with Crippen molar-refractivity contribution >= 4 is 23.2 Å². The molecular weight excluding hydrogens is 236 g/mol. The van der Waals surface area contributed by atoms with Crippen LogP contribution in [0.5, 0.6) is 0 Å². The van der Waals surface area contributed by atoms with Crippen LogP contribution in [0.3, 0.4) is 0 Å². The molecule has 17 heavy (non-hydrogen) atoms. The highest BCUT2D eigenvalue weighted by molar-refractivity contribution is 6.33. The lowest BCUT2D eigenvalue weighted by atomic mass is 10.0. The average molecular weight is 255 g/mol. The van der Waals surface area contributed by atoms with E-state index in [4.69, 9.17) is 17.3 Å². The van der Waals surface area contributed by atoms with Gasteiger partial charge in [-0.15, -0.1) is 0 Å². The predicted octanol–water partition coefficient (Wildman–Crippen LogP) is 2.96. The summed E-state index contributed by atoms with van der Waals surface area (Å²) in [6, 6.07) is 5.00. The summed E-state index contributed by atoms with van der Waals surface area (Å²) in [5.74, 6) is 0.204. The standard InChI is InChI=1S/C13H19ClN2O/c1-8(2)6-11(15)13(17)16-12-7-9(3)4-5-10(12)14/h4-5,7-8,11H,6,15H2,1-3H3,(H,16,17)/t11-/m1/s1. The number of carbonyl (C=O) groups excluding carboxylic acids is 1. The van der Waals surface area contributed by atoms with Crippen molar-refractivity contribution in [2.45, 2.75) is 33.2 Å². The quantitative estimate of drug-likeness (QED) is 0.868. The molecule has 0 aromatic heterocycles. The zero-order valence-corrected chi connectivity index (χ0v) is 11.2. The first-order valence-electron chi connectivity index (χ1n) is 5.72. The zero-order valence-electron chi connectivity index (χ0n) is 10.5. The van der Waals surface area contributed by atoms with E-state index in [0.717, 1.165) is 5.56 Å². The lowest BCUT2D eigenvalue weighted by Crippen LogP contribution is -2.36. The van der Waals surface area contributed by atoms with E-state index >= 15 is 0 Å². The van der Waals surface area contributed by atoms with Gasteiger partial charge in [0, 0.05) is 0 Å². The second-order valence-corrected chi connectivity index (χ2v) is 5.12. The molecule has 1 rings (SSSR count). The van der Waals surface area contributed by atoms with E-state index in [1.165, 1.54) is 0 Å². The van der Waals surface area contributed by atoms with Gasteiger partial charge in [-0.3, -0.25) is 4.79 Å². The van der Waals surface area contributed by atoms with Gasteiger partial charge in [-0.2, -0.15) is 0 Å². The Kier molecular flexibility index (Phi) is 4.97. The minimum Gasteiger partial charge on any atom is -0.323 e. The Balaban J connectivity index is 2.70. The highest BCUT2D eigenvalue weighted by Crippen LogP contribution is 2.23. The van der Waals surface area contributed by atoms with Gasteiger partial charge in [0.15, 0.2) is 0 Å². The van der Waals surface area contributed by atoms with Crippen molar-refractivity contribution in [2.75, 3.05) is 5.32 Å². The number of halogens is 1. The Labute approximate surface area is 107 Å². The van der Waals surface area contributed by atoms with Crippen LogP contribution in [-0.4, -0.2) is 11.9 Å². The van der Waals surface area contributed by atoms with E-state index in [1.54, 1.807) is 6.07 Å². The molecule has 1 aromatic rings. The second kappa shape index (κ2) is 6.03. The lowest BCUT2D eigenvalue weighted by molar-refractivity contribution is -0.117. The molecule has 1 atom stereocenters. The number of benzene rings is 1. The fraction of sp³-hybridized carbons (Fsp3) is 0.462. The van der Waals surface area contributed by atoms with Crippen molar-refractivity contribution in [1.29, 1.82) is 0 Å². The van der Waals surface area contributed by atoms with E-state index < -0.39 is 6.04 Å². The smallest absolute Gasteiger partial charge is 0.241 e. The van der Waals surface area contributed by atoms with E-state index in [1.807, 2.05) is 32.9 Å². The number of anilines is 1. The van der Waals surface area contributed by atoms with Gasteiger partial charge in [0.2, 0.25) is 5.91 Å². The Morgan fingerprint density at radius 1 is 1.47 bits per heavy atom. The van der Waals surface area contributed by atoms with Crippen molar-refractivity contribution in [2.24, 2.45) is 11.7 Å². The van der Waals surface area contributed by atoms with E-state index in [-0.39, 0.29) is 5.91 Å². The van der Waals surface area contributed by atoms with Crippen LogP contribution < -0.4 is 11.1 Å². The normalized spacial score (nSPS) is 12.6. The first-order valence-corrected chi connectivity index (χ1v) is 6.10. The second-order valence-electron chi connectivity index (χ2n) is 4.71. The summed E-state index contributed by atoms with van der Waals surface area (Å²) in [5.41, 5.74) is 7.46. The van der Waals surface area contributed by atoms with Gasteiger partial charge in [0.25, 0.3) is 0 Å². The zero-order chi connectivity index (χ0) is 13.0. The summed E-state index contributed by atoms with van der Waals surface area (Å²) in [6.45, 7) is 6.01. The van der Waals surface area contributed by atoms with Gasteiger partial charge in [-0.05, 0) is 37.0 Å². The molecule has 0 bridgehead atoms. The van der Waals surface area contributed by atoms with Crippen LogP contribution >= 0.6 is 11.6 Å². The van der Waals surface area contributed by atoms with E-state index in [2.05, 4.69) is 5.32 Å². The fourth-order valence-electron chi connectivity index (χ4n) is 1.58. The molecule has 0 spiro atoms. The maximum absolute atomic E-state index is 11.8. The first-order chi connectivity index (χ1) is 7.90. The molecule has 0 radical (unpaired) electrons. The molecule has 0 fully saturated rings. The first kappa shape index (κ1) is 14.0. The molecule has 0 unspecified atom stereocenters. The number of nitrogens with one attached hydrogen (secondary N) is 1. The van der Waals surface area contributed by atoms with Crippen LogP contribution in [0.4, 0.5) is 5.69 Å². The van der Waals surface area contributed by atoms with Crippen molar-refractivity contribution in [1.82, 2.24) is 0 Å². The third-order valence-electron chi connectivity index (χ3n) is 2.44. The van der Waals surface area contributed by atoms with Gasteiger partial charge >= 0.3 is 0 Å². The number of nitrogens with two attached hydrogens (primary N) is 1. The maximum atomic E-state index is 11.8. The number of aryl methyl sites for hydroxylation is 1. The number of amides is 1. The summed E-state index contributed by atoms with van der Waals surface area (Å²) >= 11 is 6.00. The summed E-state index contributed by atoms with van der Waals surface area (Å²) in [6.07, 6.45) is 0.662. The molecule has 3 nitrogen and oxygen atoms in total. The topological polar surface area (TPSA) is 55.1 Å². The van der Waals surface area contributed by atoms with Gasteiger partial charge in [0.05, 0.1) is 16.8 Å². The van der Waals surface area contributed by atoms with Crippen molar-refractivity contribution in [3.05, 3.63) is 28.8 Å². The Hall–Kier alpha value is -1.06. The summed E-state index contributed by atoms with van der Waals surface area (Å²) in [5, 5.41) is 3.29. The highest BCUT2D eigenvalue weighted by Gasteiger charge is 2.16. The monoisotopic (exact) mass is 254 g/mol. The molecule has 3 N–H and O–H groups in total. The fourth-order valence-corrected chi connectivity index (χ4v) is 1.74. The SMILES string of the molecule is Cc1ccc(Cl)c(NC(=O)[C@H](N)CC(C)C)c1. The Morgan fingerprint density at radius 3 is 2.71 bits per heavy atom. The number of carbonyl (C=O) groups is 1. The average Bonchev–Trinajstić information content (AvgIpc) is 2.22. The molecule has 0 saturated heterocycles. The minimum atomic E-state index is -0.494. The summed E-state index contributed by atoms with van der Waals surface area (Å²) < 4.78 is 0. The molecule has 0 saturated carbocycles. The summed E-state index contributed by atoms with van der Waals surface area (Å²) in [4.78, 5) is 11.8. The van der Waals surface area contributed by atoms with Gasteiger partial charge in [-0.25, -0.2) is 0 Å². The van der Waals surface area contributed by atoms with Crippen LogP contribution in [0, 0.1) is 12.8 Å². The van der Waals surface area contributed by atoms with Gasteiger partial charge in [-0.1, -0.05) is 31.5 Å². The van der Waals surface area contributed by atoms with Crippen LogP contribution in [0.2, 0.25) is 5.02 Å². The van der Waals surface area contributed by atoms with Gasteiger partial charge < -0.3 is 11.1 Å². The molecule has 1 aromatic carbocycles. The van der Waals surface area contributed by atoms with Crippen molar-refractivity contribution in [3.8, 4) is 0 Å². The van der Waals surface area contributed by atoms with Crippen LogP contribution in [0.1, 0.15) is 25.8 Å². The van der Waals surface area contributed by atoms with E-state index in [0.29, 0.717) is 23.0 Å². The summed E-state index contributed by atoms with van der Waals surface area (Å²) in [7, 11) is 0.